The third-order valence-electron chi connectivity index (χ3n) is 5.22. The van der Waals surface area contributed by atoms with Crippen LogP contribution in [0.3, 0.4) is 0 Å². The quantitative estimate of drug-likeness (QED) is 0.195. The summed E-state index contributed by atoms with van der Waals surface area (Å²) < 4.78 is 4.96. The van der Waals surface area contributed by atoms with Crippen molar-refractivity contribution in [2.75, 3.05) is 6.54 Å². The first kappa shape index (κ1) is 25.6. The second-order valence-electron chi connectivity index (χ2n) is 7.87. The third-order valence-corrected chi connectivity index (χ3v) is 5.22. The van der Waals surface area contributed by atoms with E-state index in [9.17, 15) is 24.0 Å². The Hall–Kier alpha value is -3.63. The number of nitrogens with one attached hydrogen (secondary N) is 2. The van der Waals surface area contributed by atoms with Crippen molar-refractivity contribution < 1.29 is 44.0 Å². The number of ether oxygens (including phenoxy) is 1. The predicted octanol–water partition coefficient (Wildman–Crippen LogP) is 0.658. The van der Waals surface area contributed by atoms with E-state index >= 15 is 0 Å². The Bertz CT molecular complexity index is 870. The molecule has 0 aliphatic heterocycles. The maximum absolute atomic E-state index is 12.7. The van der Waals surface area contributed by atoms with Gasteiger partial charge in [-0.15, -0.1) is 0 Å². The fourth-order valence-corrected chi connectivity index (χ4v) is 3.24. The molecule has 11 heteroatoms. The summed E-state index contributed by atoms with van der Waals surface area (Å²) in [5, 5.41) is 32.2. The molecule has 1 aliphatic rings. The van der Waals surface area contributed by atoms with Crippen molar-refractivity contribution in [2.24, 2.45) is 11.8 Å². The van der Waals surface area contributed by atoms with Gasteiger partial charge < -0.3 is 30.7 Å². The minimum absolute atomic E-state index is 0.0143. The summed E-state index contributed by atoms with van der Waals surface area (Å²) in [5.41, 5.74) is 0.601. The highest BCUT2D eigenvalue weighted by Crippen LogP contribution is 2.38. The molecular formula is C22H28N2O9. The average molecular weight is 464 g/mol. The molecule has 1 aromatic carbocycles. The van der Waals surface area contributed by atoms with Gasteiger partial charge in [0.2, 0.25) is 11.8 Å². The van der Waals surface area contributed by atoms with Crippen molar-refractivity contribution in [2.45, 2.75) is 51.2 Å². The summed E-state index contributed by atoms with van der Waals surface area (Å²) in [6.45, 7) is 2.47. The third kappa shape index (κ3) is 7.78. The Balaban J connectivity index is 2.05. The van der Waals surface area contributed by atoms with Gasteiger partial charge in [-0.2, -0.15) is 0 Å². The molecule has 2 rings (SSSR count). The lowest BCUT2D eigenvalue weighted by Crippen LogP contribution is -2.49. The van der Waals surface area contributed by atoms with E-state index in [1.807, 2.05) is 6.92 Å². The average Bonchev–Trinajstić information content (AvgIpc) is 3.56. The summed E-state index contributed by atoms with van der Waals surface area (Å²) in [7, 11) is 0. The van der Waals surface area contributed by atoms with Crippen LogP contribution in [0.5, 0.6) is 5.75 Å². The van der Waals surface area contributed by atoms with Crippen LogP contribution in [0.15, 0.2) is 24.3 Å². The van der Waals surface area contributed by atoms with Gasteiger partial charge in [0.1, 0.15) is 11.8 Å². The number of hydrogen-bond donors (Lipinski definition) is 5. The van der Waals surface area contributed by atoms with Crippen LogP contribution in [0.2, 0.25) is 0 Å². The molecule has 0 radical (unpaired) electrons. The van der Waals surface area contributed by atoms with Crippen LogP contribution >= 0.6 is 0 Å². The minimum atomic E-state index is -2.06. The predicted molar refractivity (Wildman–Crippen MR) is 114 cm³/mol. The van der Waals surface area contributed by atoms with Crippen molar-refractivity contribution in [1.82, 2.24) is 10.6 Å². The molecule has 0 heterocycles. The normalized spacial score (nSPS) is 17.6. The van der Waals surface area contributed by atoms with E-state index in [-0.39, 0.29) is 18.6 Å². The Labute approximate surface area is 190 Å². The van der Waals surface area contributed by atoms with Crippen LogP contribution in [0.4, 0.5) is 0 Å². The summed E-state index contributed by atoms with van der Waals surface area (Å²) in [6, 6.07) is 4.85. The molecule has 2 unspecified atom stereocenters. The second-order valence-corrected chi connectivity index (χ2v) is 7.87. The molecule has 5 N–H and O–H groups in total. The van der Waals surface area contributed by atoms with Crippen molar-refractivity contribution in [3.63, 3.8) is 0 Å². The molecular weight excluding hydrogens is 436 g/mol. The maximum Gasteiger partial charge on any atom is 0.356 e. The molecule has 0 aromatic heterocycles. The number of aliphatic carboxylic acids is 3. The monoisotopic (exact) mass is 464 g/mol. The zero-order chi connectivity index (χ0) is 24.5. The van der Waals surface area contributed by atoms with Crippen molar-refractivity contribution in [1.29, 1.82) is 0 Å². The first-order valence-electron chi connectivity index (χ1n) is 10.7. The molecule has 0 saturated heterocycles. The van der Waals surface area contributed by atoms with Gasteiger partial charge in [-0.1, -0.05) is 31.9 Å². The summed E-state index contributed by atoms with van der Waals surface area (Å²) >= 11 is 0. The van der Waals surface area contributed by atoms with E-state index < -0.39 is 53.7 Å². The molecule has 1 aliphatic carbocycles. The Morgan fingerprint density at radius 1 is 1.00 bits per heavy atom. The molecule has 3 atom stereocenters. The highest BCUT2D eigenvalue weighted by molar-refractivity contribution is 5.96. The summed E-state index contributed by atoms with van der Waals surface area (Å²) in [5.74, 6) is -6.63. The first-order chi connectivity index (χ1) is 15.6. The fraction of sp³-hybridized carbons (Fsp3) is 0.500. The molecule has 2 amide bonds. The van der Waals surface area contributed by atoms with E-state index in [4.69, 9.17) is 20.1 Å². The standard InChI is InChI=1S/C22H28N2O9/c1-2-3-4-9-23-19(26)16(24-18(25)14-11-15(14)20(27)28)10-12-5-7-13(8-6-12)33-17(21(29)30)22(31)32/h5-8,14-17H,2-4,9-11H2,1H3,(H,23,26)(H,24,25)(H,27,28)(H,29,30)(H,31,32)/t14-,15?,16?/m0/s1. The molecule has 180 valence electrons. The minimum Gasteiger partial charge on any atom is -0.481 e. The number of rotatable bonds is 14. The molecule has 0 bridgehead atoms. The van der Waals surface area contributed by atoms with Gasteiger partial charge in [-0.3, -0.25) is 14.4 Å². The van der Waals surface area contributed by atoms with Crippen LogP contribution in [0, 0.1) is 11.8 Å². The number of hydrogen-bond acceptors (Lipinski definition) is 6. The largest absolute Gasteiger partial charge is 0.481 e. The highest BCUT2D eigenvalue weighted by atomic mass is 16.5. The first-order valence-corrected chi connectivity index (χ1v) is 10.7. The highest BCUT2D eigenvalue weighted by Gasteiger charge is 2.48. The van der Waals surface area contributed by atoms with Gasteiger partial charge >= 0.3 is 17.9 Å². The smallest absolute Gasteiger partial charge is 0.356 e. The number of carbonyl (C=O) groups excluding carboxylic acids is 2. The van der Waals surface area contributed by atoms with Gasteiger partial charge in [-0.05, 0) is 30.5 Å². The lowest BCUT2D eigenvalue weighted by molar-refractivity contribution is -0.159. The van der Waals surface area contributed by atoms with Gasteiger partial charge in [-0.25, -0.2) is 9.59 Å². The number of carboxylic acids is 3. The summed E-state index contributed by atoms with van der Waals surface area (Å²) in [4.78, 5) is 58.0. The lowest BCUT2D eigenvalue weighted by Gasteiger charge is -2.19. The zero-order valence-corrected chi connectivity index (χ0v) is 18.2. The van der Waals surface area contributed by atoms with E-state index in [1.165, 1.54) is 24.3 Å². The number of benzene rings is 1. The van der Waals surface area contributed by atoms with E-state index in [0.717, 1.165) is 19.3 Å². The van der Waals surface area contributed by atoms with Gasteiger partial charge in [0.25, 0.3) is 6.10 Å². The zero-order valence-electron chi connectivity index (χ0n) is 18.2. The van der Waals surface area contributed by atoms with Crippen LogP contribution in [-0.2, 0) is 30.4 Å². The van der Waals surface area contributed by atoms with Gasteiger partial charge in [0, 0.05) is 13.0 Å². The fourth-order valence-electron chi connectivity index (χ4n) is 3.24. The lowest BCUT2D eigenvalue weighted by atomic mass is 10.0. The Morgan fingerprint density at radius 3 is 2.15 bits per heavy atom. The van der Waals surface area contributed by atoms with Crippen molar-refractivity contribution in [3.8, 4) is 5.75 Å². The molecule has 1 fully saturated rings. The van der Waals surface area contributed by atoms with E-state index in [2.05, 4.69) is 10.6 Å². The number of unbranched alkanes of at least 4 members (excludes halogenated alkanes) is 2. The van der Waals surface area contributed by atoms with Crippen LogP contribution in [0.1, 0.15) is 38.2 Å². The number of amides is 2. The van der Waals surface area contributed by atoms with E-state index in [0.29, 0.717) is 12.1 Å². The Morgan fingerprint density at radius 2 is 1.64 bits per heavy atom. The Kier molecular flexibility index (Phi) is 9.19. The molecule has 0 spiro atoms. The second kappa shape index (κ2) is 11.8. The molecule has 33 heavy (non-hydrogen) atoms. The molecule has 1 saturated carbocycles. The molecule has 11 nitrogen and oxygen atoms in total. The van der Waals surface area contributed by atoms with Crippen molar-refractivity contribution >= 4 is 29.7 Å². The van der Waals surface area contributed by atoms with Crippen molar-refractivity contribution in [3.05, 3.63) is 29.8 Å². The number of carbonyl (C=O) groups is 5. The van der Waals surface area contributed by atoms with Gasteiger partial charge in [0.05, 0.1) is 11.8 Å². The summed E-state index contributed by atoms with van der Waals surface area (Å²) in [6.07, 6.45) is 0.969. The van der Waals surface area contributed by atoms with Crippen LogP contribution in [0.25, 0.3) is 0 Å². The topological polar surface area (TPSA) is 179 Å². The van der Waals surface area contributed by atoms with E-state index in [1.54, 1.807) is 0 Å². The van der Waals surface area contributed by atoms with Crippen LogP contribution < -0.4 is 15.4 Å². The SMILES string of the molecule is CCCCCNC(=O)C(Cc1ccc(OC(C(=O)O)C(=O)O)cc1)NC(=O)[C@H]1CC1C(=O)O. The maximum atomic E-state index is 12.7. The van der Waals surface area contributed by atoms with Gasteiger partial charge in [0.15, 0.2) is 0 Å². The molecule has 1 aromatic rings. The van der Waals surface area contributed by atoms with Crippen LogP contribution in [-0.4, -0.2) is 63.7 Å². The number of carboxylic acid groups (broad SMARTS) is 3.